The van der Waals surface area contributed by atoms with E-state index in [9.17, 15) is 36.5 Å². The molecule has 0 spiro atoms. The van der Waals surface area contributed by atoms with Crippen molar-refractivity contribution in [1.82, 2.24) is 5.32 Å². The summed E-state index contributed by atoms with van der Waals surface area (Å²) in [5.74, 6) is -3.19. The number of hydrogen-bond acceptors (Lipinski definition) is 10. The van der Waals surface area contributed by atoms with Gasteiger partial charge in [0.25, 0.3) is 15.7 Å². The molecular weight excluding hydrogens is 635 g/mol. The van der Waals surface area contributed by atoms with E-state index in [1.165, 1.54) is 24.3 Å². The highest BCUT2D eigenvalue weighted by molar-refractivity contribution is 7.92. The molecule has 3 aromatic carbocycles. The predicted octanol–water partition coefficient (Wildman–Crippen LogP) is 4.37. The van der Waals surface area contributed by atoms with E-state index in [2.05, 4.69) is 19.8 Å². The Morgan fingerprint density at radius 3 is 2.35 bits per heavy atom. The number of nitrogens with one attached hydrogen (secondary N) is 3. The smallest absolute Gasteiger partial charge is 0.286 e. The molecule has 242 valence electrons. The van der Waals surface area contributed by atoms with Crippen molar-refractivity contribution in [2.45, 2.75) is 50.6 Å². The van der Waals surface area contributed by atoms with Gasteiger partial charge in [-0.05, 0) is 47.6 Å². The predicted molar refractivity (Wildman–Crippen MR) is 173 cm³/mol. The molecule has 0 fully saturated rings. The number of rotatable bonds is 9. The highest BCUT2D eigenvalue weighted by Crippen LogP contribution is 2.43. The molecule has 0 bridgehead atoms. The van der Waals surface area contributed by atoms with Crippen molar-refractivity contribution < 1.29 is 31.3 Å². The third kappa shape index (κ3) is 6.57. The zero-order chi connectivity index (χ0) is 33.7. The highest BCUT2D eigenvalue weighted by Gasteiger charge is 2.54. The second-order valence-electron chi connectivity index (χ2n) is 12.6. The zero-order valence-corrected chi connectivity index (χ0v) is 27.2. The molecule has 1 aliphatic carbocycles. The van der Waals surface area contributed by atoms with Crippen molar-refractivity contribution in [3.8, 4) is 0 Å². The summed E-state index contributed by atoms with van der Waals surface area (Å²) in [7, 11) is -8.17. The first-order chi connectivity index (χ1) is 21.4. The Hall–Kier alpha value is -4.47. The molecule has 1 aliphatic heterocycles. The average molecular weight is 668 g/mol. The molecule has 1 heterocycles. The third-order valence-electron chi connectivity index (χ3n) is 7.91. The van der Waals surface area contributed by atoms with E-state index in [1.54, 1.807) is 36.4 Å². The first kappa shape index (κ1) is 32.9. The second-order valence-corrected chi connectivity index (χ2v) is 15.9. The van der Waals surface area contributed by atoms with Crippen LogP contribution in [0, 0.1) is 21.4 Å². The molecular formula is C31H33N5O8S2. The lowest BCUT2D eigenvalue weighted by molar-refractivity contribution is -0.384. The lowest BCUT2D eigenvalue weighted by atomic mass is 9.66. The Labute approximate surface area is 266 Å². The Balaban J connectivity index is 1.60. The summed E-state index contributed by atoms with van der Waals surface area (Å²) in [5, 5.41) is 17.4. The molecule has 13 nitrogen and oxygen atoms in total. The summed E-state index contributed by atoms with van der Waals surface area (Å²) in [5.41, 5.74) is -0.401. The van der Waals surface area contributed by atoms with Crippen LogP contribution in [0.3, 0.4) is 0 Å². The number of Topliss-reactive ketones (excluding diaryl/α,β-unsaturated/α-hetero) is 2. The number of carbonyl (C=O) groups excluding carboxylic acids is 2. The number of nitrogens with zero attached hydrogens (tertiary/aromatic N) is 2. The molecule has 2 unspecified atom stereocenters. The number of anilines is 2. The van der Waals surface area contributed by atoms with Crippen LogP contribution < -0.4 is 15.4 Å². The van der Waals surface area contributed by atoms with Crippen LogP contribution in [0.4, 0.5) is 17.1 Å². The summed E-state index contributed by atoms with van der Waals surface area (Å²) >= 11 is 0. The van der Waals surface area contributed by atoms with Crippen LogP contribution in [-0.4, -0.2) is 45.4 Å². The van der Waals surface area contributed by atoms with Gasteiger partial charge < -0.3 is 5.32 Å². The van der Waals surface area contributed by atoms with Crippen molar-refractivity contribution in [2.75, 3.05) is 16.3 Å². The van der Waals surface area contributed by atoms with Gasteiger partial charge in [0.2, 0.25) is 10.0 Å². The van der Waals surface area contributed by atoms with Crippen LogP contribution in [0.5, 0.6) is 0 Å². The average Bonchev–Trinajstić information content (AvgIpc) is 2.96. The van der Waals surface area contributed by atoms with Gasteiger partial charge in [0.05, 0.1) is 16.9 Å². The molecule has 15 heteroatoms. The fourth-order valence-electron chi connectivity index (χ4n) is 5.63. The number of non-ortho nitro benzene ring substituents is 1. The van der Waals surface area contributed by atoms with Crippen LogP contribution in [0.1, 0.15) is 55.1 Å². The van der Waals surface area contributed by atoms with Gasteiger partial charge in [0.1, 0.15) is 22.2 Å². The SMILES string of the molecule is CC(C)(C)CCC1(NCc2ccc([N+](=O)[O-])cc2)C(=O)C(C2=NS(=O)(=O)c3cc(NS(C)(=O)=O)ccc3N2)C(=O)c2ccccc21. The maximum atomic E-state index is 14.8. The number of nitro groups is 1. The summed E-state index contributed by atoms with van der Waals surface area (Å²) < 4.78 is 56.4. The molecule has 0 aromatic heterocycles. The normalized spacial score (nSPS) is 20.6. The van der Waals surface area contributed by atoms with Gasteiger partial charge in [-0.1, -0.05) is 57.2 Å². The van der Waals surface area contributed by atoms with Gasteiger partial charge in [-0.15, -0.1) is 4.40 Å². The van der Waals surface area contributed by atoms with Crippen LogP contribution >= 0.6 is 0 Å². The summed E-state index contributed by atoms with van der Waals surface area (Å²) in [4.78, 5) is 39.1. The molecule has 3 N–H and O–H groups in total. The van der Waals surface area contributed by atoms with Gasteiger partial charge in [-0.25, -0.2) is 8.42 Å². The summed E-state index contributed by atoms with van der Waals surface area (Å²) in [6.45, 7) is 6.16. The monoisotopic (exact) mass is 667 g/mol. The number of nitro benzene ring substituents is 1. The van der Waals surface area contributed by atoms with E-state index in [1.807, 2.05) is 20.8 Å². The van der Waals surface area contributed by atoms with Gasteiger partial charge in [-0.2, -0.15) is 8.42 Å². The number of ketones is 2. The number of amidine groups is 1. The molecule has 0 saturated carbocycles. The number of sulfonamides is 2. The van der Waals surface area contributed by atoms with Crippen LogP contribution in [0.2, 0.25) is 0 Å². The van der Waals surface area contributed by atoms with Crippen molar-refractivity contribution in [2.24, 2.45) is 15.7 Å². The Morgan fingerprint density at radius 2 is 1.72 bits per heavy atom. The minimum atomic E-state index is -4.47. The molecule has 0 amide bonds. The molecule has 3 aromatic rings. The van der Waals surface area contributed by atoms with Crippen LogP contribution in [-0.2, 0) is 36.9 Å². The van der Waals surface area contributed by atoms with Crippen LogP contribution in [0.15, 0.2) is 76.0 Å². The number of fused-ring (bicyclic) bond motifs is 2. The number of hydrogen-bond donors (Lipinski definition) is 3. The molecule has 46 heavy (non-hydrogen) atoms. The third-order valence-corrected chi connectivity index (χ3v) is 9.84. The summed E-state index contributed by atoms with van der Waals surface area (Å²) in [6, 6.07) is 16.3. The molecule has 0 radical (unpaired) electrons. The van der Waals surface area contributed by atoms with Crippen molar-refractivity contribution in [1.29, 1.82) is 0 Å². The molecule has 2 aliphatic rings. The van der Waals surface area contributed by atoms with E-state index in [0.29, 0.717) is 17.5 Å². The lowest BCUT2D eigenvalue weighted by Crippen LogP contribution is -2.59. The lowest BCUT2D eigenvalue weighted by Gasteiger charge is -2.43. The zero-order valence-electron chi connectivity index (χ0n) is 25.5. The largest absolute Gasteiger partial charge is 0.341 e. The van der Waals surface area contributed by atoms with Gasteiger partial charge in [-0.3, -0.25) is 29.7 Å². The Morgan fingerprint density at radius 1 is 1.04 bits per heavy atom. The number of benzene rings is 3. The van der Waals surface area contributed by atoms with Gasteiger partial charge >= 0.3 is 0 Å². The topological polar surface area (TPSA) is 194 Å². The maximum Gasteiger partial charge on any atom is 0.286 e. The van der Waals surface area contributed by atoms with E-state index in [0.717, 1.165) is 12.3 Å². The summed E-state index contributed by atoms with van der Waals surface area (Å²) in [6.07, 6.45) is 1.72. The van der Waals surface area contributed by atoms with Crippen molar-refractivity contribution >= 4 is 54.5 Å². The highest BCUT2D eigenvalue weighted by atomic mass is 32.2. The van der Waals surface area contributed by atoms with E-state index < -0.39 is 48.0 Å². The Kier molecular flexibility index (Phi) is 8.38. The van der Waals surface area contributed by atoms with E-state index in [4.69, 9.17) is 0 Å². The van der Waals surface area contributed by atoms with Gasteiger partial charge in [0.15, 0.2) is 11.6 Å². The second kappa shape index (κ2) is 11.7. The Bertz CT molecular complexity index is 2000. The van der Waals surface area contributed by atoms with E-state index in [-0.39, 0.29) is 51.7 Å². The van der Waals surface area contributed by atoms with Crippen molar-refractivity contribution in [3.05, 3.63) is 93.5 Å². The fourth-order valence-corrected chi connectivity index (χ4v) is 7.37. The molecule has 2 atom stereocenters. The minimum absolute atomic E-state index is 0.000614. The molecule has 5 rings (SSSR count). The minimum Gasteiger partial charge on any atom is -0.341 e. The quantitative estimate of drug-likeness (QED) is 0.168. The van der Waals surface area contributed by atoms with Gasteiger partial charge in [0, 0.05) is 29.9 Å². The first-order valence-electron chi connectivity index (χ1n) is 14.3. The van der Waals surface area contributed by atoms with E-state index >= 15 is 0 Å². The molecule has 0 saturated heterocycles. The first-order valence-corrected chi connectivity index (χ1v) is 17.6. The fraction of sp³-hybridized carbons (Fsp3) is 0.323. The van der Waals surface area contributed by atoms with Crippen molar-refractivity contribution in [3.63, 3.8) is 0 Å². The van der Waals surface area contributed by atoms with Crippen LogP contribution in [0.25, 0.3) is 0 Å². The standard InChI is InChI=1S/C31H33N5O8S2/c1-30(2,3)15-16-31(32-18-19-9-12-21(13-10-19)36(39)40)23-8-6-5-7-22(23)27(37)26(28(31)38)29-33-24-14-11-20(34-45(4,41)42)17-25(24)46(43,44)35-29/h5-14,17,26,32,34H,15-16,18H2,1-4H3,(H,33,35). The number of carbonyl (C=O) groups is 2. The maximum absolute atomic E-state index is 14.8.